The van der Waals surface area contributed by atoms with Crippen LogP contribution in [-0.2, 0) is 18.9 Å². The molecule has 2 fully saturated rings. The molecule has 2 aliphatic rings. The zero-order valence-corrected chi connectivity index (χ0v) is 26.0. The number of rotatable bonds is 16. The van der Waals surface area contributed by atoms with E-state index in [-0.39, 0.29) is 51.9 Å². The molecule has 0 radical (unpaired) electrons. The summed E-state index contributed by atoms with van der Waals surface area (Å²) >= 11 is 0. The van der Waals surface area contributed by atoms with Crippen LogP contribution < -0.4 is 19.6 Å². The van der Waals surface area contributed by atoms with Crippen LogP contribution >= 0.6 is 0 Å². The van der Waals surface area contributed by atoms with Crippen molar-refractivity contribution in [2.75, 3.05) is 127 Å². The second kappa shape index (κ2) is 15.5. The van der Waals surface area contributed by atoms with Crippen LogP contribution in [0.3, 0.4) is 0 Å². The molecule has 248 valence electrons. The number of aromatic nitrogens is 4. The predicted octanol–water partition coefficient (Wildman–Crippen LogP) is 3.09. The van der Waals surface area contributed by atoms with Gasteiger partial charge in [0.1, 0.15) is 11.0 Å². The zero-order chi connectivity index (χ0) is 31.7. The van der Waals surface area contributed by atoms with Crippen LogP contribution in [0.1, 0.15) is 25.7 Å². The lowest BCUT2D eigenvalue weighted by molar-refractivity contribution is -0.0227. The molecule has 2 aliphatic heterocycles. The highest BCUT2D eigenvalue weighted by atomic mass is 19.3. The second-order valence-electron chi connectivity index (χ2n) is 11.0. The van der Waals surface area contributed by atoms with Gasteiger partial charge in [-0.25, -0.2) is 27.5 Å². The molecule has 0 N–H and O–H groups in total. The number of hydrogen-bond donors (Lipinski definition) is 0. The van der Waals surface area contributed by atoms with E-state index in [1.807, 2.05) is 9.80 Å². The molecular weight excluding hydrogens is 588 g/mol. The fourth-order valence-electron chi connectivity index (χ4n) is 5.21. The summed E-state index contributed by atoms with van der Waals surface area (Å²) in [5, 5.41) is 0. The molecule has 2 saturated heterocycles. The van der Waals surface area contributed by atoms with Crippen molar-refractivity contribution in [3.63, 3.8) is 0 Å². The smallest absolute Gasteiger partial charge is 0.251 e. The van der Waals surface area contributed by atoms with E-state index in [0.29, 0.717) is 87.2 Å². The van der Waals surface area contributed by atoms with Crippen molar-refractivity contribution >= 4 is 34.6 Å². The zero-order valence-electron chi connectivity index (χ0n) is 26.0. The summed E-state index contributed by atoms with van der Waals surface area (Å²) in [6, 6.07) is 0. The van der Waals surface area contributed by atoms with Crippen molar-refractivity contribution < 1.29 is 36.5 Å². The Balaban J connectivity index is 1.92. The van der Waals surface area contributed by atoms with Gasteiger partial charge in [-0.05, 0) is 0 Å². The van der Waals surface area contributed by atoms with Gasteiger partial charge in [-0.3, -0.25) is 0 Å². The highest BCUT2D eigenvalue weighted by molar-refractivity contribution is 5.95. The van der Waals surface area contributed by atoms with Crippen molar-refractivity contribution in [2.24, 2.45) is 0 Å². The van der Waals surface area contributed by atoms with Crippen LogP contribution in [0, 0.1) is 0 Å². The summed E-state index contributed by atoms with van der Waals surface area (Å²) in [7, 11) is 6.36. The third kappa shape index (κ3) is 8.67. The molecule has 44 heavy (non-hydrogen) atoms. The average Bonchev–Trinajstić information content (AvgIpc) is 3.00. The van der Waals surface area contributed by atoms with Crippen LogP contribution in [-0.4, -0.2) is 139 Å². The van der Waals surface area contributed by atoms with Crippen molar-refractivity contribution in [1.29, 1.82) is 0 Å². The van der Waals surface area contributed by atoms with Gasteiger partial charge in [-0.1, -0.05) is 0 Å². The number of nitrogens with zero attached hydrogens (tertiary/aromatic N) is 8. The van der Waals surface area contributed by atoms with Gasteiger partial charge < -0.3 is 38.5 Å². The molecule has 4 heterocycles. The van der Waals surface area contributed by atoms with E-state index in [1.54, 1.807) is 38.2 Å². The lowest BCUT2D eigenvalue weighted by Crippen LogP contribution is -2.41. The van der Waals surface area contributed by atoms with E-state index in [1.165, 1.54) is 0 Å². The van der Waals surface area contributed by atoms with Gasteiger partial charge >= 0.3 is 0 Å². The average molecular weight is 633 g/mol. The number of piperidine rings is 2. The number of ether oxygens (including phenoxy) is 4. The Bertz CT molecular complexity index is 1090. The van der Waals surface area contributed by atoms with Gasteiger partial charge in [0, 0.05) is 106 Å². The molecule has 16 heteroatoms. The predicted molar refractivity (Wildman–Crippen MR) is 160 cm³/mol. The van der Waals surface area contributed by atoms with E-state index in [9.17, 15) is 17.6 Å². The minimum Gasteiger partial charge on any atom is -0.383 e. The van der Waals surface area contributed by atoms with Gasteiger partial charge in [0.05, 0.1) is 26.4 Å². The lowest BCUT2D eigenvalue weighted by Gasteiger charge is -2.35. The van der Waals surface area contributed by atoms with E-state index in [0.717, 1.165) is 0 Å². The number of alkyl halides is 4. The van der Waals surface area contributed by atoms with Gasteiger partial charge in [0.2, 0.25) is 11.9 Å². The first-order chi connectivity index (χ1) is 21.1. The molecule has 2 aromatic heterocycles. The molecule has 0 aromatic carbocycles. The first-order valence-corrected chi connectivity index (χ1v) is 14.9. The van der Waals surface area contributed by atoms with Crippen molar-refractivity contribution in [3.8, 4) is 0 Å². The molecule has 0 aliphatic carbocycles. The summed E-state index contributed by atoms with van der Waals surface area (Å²) in [4.78, 5) is 27.0. The number of hydrogen-bond acceptors (Lipinski definition) is 12. The monoisotopic (exact) mass is 632 g/mol. The van der Waals surface area contributed by atoms with Crippen LogP contribution in [0.5, 0.6) is 0 Å². The number of halogens is 4. The van der Waals surface area contributed by atoms with Gasteiger partial charge in [-0.2, -0.15) is 9.97 Å². The Morgan fingerprint density at radius 1 is 0.545 bits per heavy atom. The summed E-state index contributed by atoms with van der Waals surface area (Å²) in [5.41, 5.74) is 0.740. The minimum absolute atomic E-state index is 0.0658. The Kier molecular flexibility index (Phi) is 12.0. The van der Waals surface area contributed by atoms with Gasteiger partial charge in [0.25, 0.3) is 11.8 Å². The lowest BCUT2D eigenvalue weighted by atomic mass is 10.1. The molecule has 12 nitrogen and oxygen atoms in total. The maximum absolute atomic E-state index is 14.3. The minimum atomic E-state index is -2.77. The molecule has 0 unspecified atom stereocenters. The fourth-order valence-corrected chi connectivity index (χ4v) is 5.21. The molecule has 0 bridgehead atoms. The third-order valence-corrected chi connectivity index (χ3v) is 7.90. The topological polar surface area (TPSA) is 101 Å². The van der Waals surface area contributed by atoms with E-state index in [2.05, 4.69) is 0 Å². The molecule has 2 aromatic rings. The number of anilines is 4. The van der Waals surface area contributed by atoms with Crippen molar-refractivity contribution in [3.05, 3.63) is 0 Å². The highest BCUT2D eigenvalue weighted by Crippen LogP contribution is 2.38. The van der Waals surface area contributed by atoms with Gasteiger partial charge in [-0.15, -0.1) is 0 Å². The maximum Gasteiger partial charge on any atom is 0.251 e. The van der Waals surface area contributed by atoms with Crippen LogP contribution in [0.2, 0.25) is 0 Å². The first kappa shape index (κ1) is 34.1. The summed E-state index contributed by atoms with van der Waals surface area (Å²) in [6.07, 6.45) is -1.31. The standard InChI is InChI=1S/C28H44F4N8O4/c1-41-17-13-39(14-18-42-2)25-33-21-22(23(35-25)37-9-5-27(29,30)6-10-37)34-26(40(15-19-43-3)16-20-44-4)36-24(21)38-11-7-28(31,32)8-12-38/h5-20H2,1-4H3. The molecule has 0 amide bonds. The normalized spacial score (nSPS) is 18.2. The van der Waals surface area contributed by atoms with Crippen molar-refractivity contribution in [1.82, 2.24) is 19.9 Å². The fraction of sp³-hybridized carbons (Fsp3) is 0.786. The molecular formula is C28H44F4N8O4. The quantitative estimate of drug-likeness (QED) is 0.254. The summed E-state index contributed by atoms with van der Waals surface area (Å²) in [5.74, 6) is -4.10. The first-order valence-electron chi connectivity index (χ1n) is 14.9. The van der Waals surface area contributed by atoms with Crippen LogP contribution in [0.4, 0.5) is 41.1 Å². The third-order valence-electron chi connectivity index (χ3n) is 7.90. The highest BCUT2D eigenvalue weighted by Gasteiger charge is 2.38. The number of methoxy groups -OCH3 is 4. The SMILES string of the molecule is COCCN(CCOC)c1nc(N2CCC(F)(F)CC2)c2nc(N(CCOC)CCOC)nc(N3CCC(F)(F)CC3)c2n1. The largest absolute Gasteiger partial charge is 0.383 e. The van der Waals surface area contributed by atoms with Gasteiger partial charge in [0.15, 0.2) is 11.6 Å². The molecule has 0 atom stereocenters. The maximum atomic E-state index is 14.3. The van der Waals surface area contributed by atoms with E-state index < -0.39 is 11.8 Å². The van der Waals surface area contributed by atoms with Crippen LogP contribution in [0.25, 0.3) is 11.0 Å². The molecule has 0 spiro atoms. The van der Waals surface area contributed by atoms with E-state index >= 15 is 0 Å². The van der Waals surface area contributed by atoms with Crippen LogP contribution in [0.15, 0.2) is 0 Å². The molecule has 0 saturated carbocycles. The molecule has 4 rings (SSSR count). The Labute approximate surface area is 255 Å². The summed E-state index contributed by atoms with van der Waals surface area (Å²) in [6.45, 7) is 3.55. The van der Waals surface area contributed by atoms with Crippen molar-refractivity contribution in [2.45, 2.75) is 37.5 Å². The Morgan fingerprint density at radius 2 is 0.841 bits per heavy atom. The second-order valence-corrected chi connectivity index (χ2v) is 11.0. The number of fused-ring (bicyclic) bond motifs is 1. The van der Waals surface area contributed by atoms with E-state index in [4.69, 9.17) is 38.9 Å². The Morgan fingerprint density at radius 3 is 1.11 bits per heavy atom. The Hall–Kier alpha value is -2.82. The summed E-state index contributed by atoms with van der Waals surface area (Å²) < 4.78 is 78.3.